The van der Waals surface area contributed by atoms with Crippen molar-refractivity contribution in [1.29, 1.82) is 0 Å². The molecule has 2 heterocycles. The molecule has 0 bridgehead atoms. The molecule has 1 aliphatic carbocycles. The molecule has 1 aromatic heterocycles. The number of imidazole rings is 1. The molecule has 1 aromatic rings. The van der Waals surface area contributed by atoms with Gasteiger partial charge in [-0.05, 0) is 32.2 Å². The normalized spacial score (nSPS) is 27.4. The molecule has 3 heteroatoms. The lowest BCUT2D eigenvalue weighted by Crippen LogP contribution is -2.32. The van der Waals surface area contributed by atoms with Crippen LogP contribution >= 0.6 is 0 Å². The Morgan fingerprint density at radius 3 is 2.81 bits per heavy atom. The molecule has 1 saturated carbocycles. The van der Waals surface area contributed by atoms with Crippen LogP contribution in [0.1, 0.15) is 56.2 Å². The molecule has 2 aliphatic rings. The molecule has 1 saturated heterocycles. The van der Waals surface area contributed by atoms with E-state index in [9.17, 15) is 0 Å². The van der Waals surface area contributed by atoms with Gasteiger partial charge in [0.05, 0.1) is 6.33 Å². The maximum atomic E-state index is 4.38. The monoisotopic (exact) mass is 219 g/mol. The van der Waals surface area contributed by atoms with Crippen LogP contribution in [-0.4, -0.2) is 22.6 Å². The van der Waals surface area contributed by atoms with Gasteiger partial charge in [0, 0.05) is 30.4 Å². The minimum atomic E-state index is 0.645. The van der Waals surface area contributed by atoms with Gasteiger partial charge in [-0.15, -0.1) is 0 Å². The summed E-state index contributed by atoms with van der Waals surface area (Å²) in [6.07, 6.45) is 12.3. The minimum Gasteiger partial charge on any atom is -0.330 e. The van der Waals surface area contributed by atoms with Crippen LogP contribution in [0.15, 0.2) is 12.5 Å². The standard InChI is InChI=1S/C13H21N3/c1-2-5-11(4-1)13-9-15-10-16(13)12-6-3-7-14-8-12/h9-12,14H,1-8H2. The molecule has 3 rings (SSSR count). The molecule has 2 fully saturated rings. The second-order valence-corrected chi connectivity index (χ2v) is 5.21. The molecule has 0 radical (unpaired) electrons. The molecule has 3 nitrogen and oxygen atoms in total. The lowest BCUT2D eigenvalue weighted by molar-refractivity contribution is 0.359. The molecule has 1 unspecified atom stereocenters. The summed E-state index contributed by atoms with van der Waals surface area (Å²) in [5, 5.41) is 3.49. The summed E-state index contributed by atoms with van der Waals surface area (Å²) in [4.78, 5) is 4.38. The van der Waals surface area contributed by atoms with Gasteiger partial charge in [-0.2, -0.15) is 0 Å². The summed E-state index contributed by atoms with van der Waals surface area (Å²) in [5.74, 6) is 0.782. The van der Waals surface area contributed by atoms with Crippen molar-refractivity contribution in [1.82, 2.24) is 14.9 Å². The van der Waals surface area contributed by atoms with Crippen molar-refractivity contribution in [2.75, 3.05) is 13.1 Å². The number of hydrogen-bond acceptors (Lipinski definition) is 2. The van der Waals surface area contributed by atoms with Gasteiger partial charge in [0.1, 0.15) is 0 Å². The van der Waals surface area contributed by atoms with Crippen molar-refractivity contribution in [3.05, 3.63) is 18.2 Å². The van der Waals surface area contributed by atoms with Crippen molar-refractivity contribution in [2.24, 2.45) is 0 Å². The smallest absolute Gasteiger partial charge is 0.0951 e. The first kappa shape index (κ1) is 10.3. The van der Waals surface area contributed by atoms with E-state index in [1.807, 2.05) is 6.33 Å². The third kappa shape index (κ3) is 1.88. The summed E-state index contributed by atoms with van der Waals surface area (Å²) >= 11 is 0. The Hall–Kier alpha value is -0.830. The van der Waals surface area contributed by atoms with Crippen molar-refractivity contribution >= 4 is 0 Å². The van der Waals surface area contributed by atoms with Crippen LogP contribution in [0, 0.1) is 0 Å². The van der Waals surface area contributed by atoms with Gasteiger partial charge in [0.2, 0.25) is 0 Å². The van der Waals surface area contributed by atoms with Crippen LogP contribution in [0.4, 0.5) is 0 Å². The highest BCUT2D eigenvalue weighted by Gasteiger charge is 2.24. The van der Waals surface area contributed by atoms with E-state index in [1.54, 1.807) is 0 Å². The number of aromatic nitrogens is 2. The van der Waals surface area contributed by atoms with Crippen LogP contribution in [-0.2, 0) is 0 Å². The minimum absolute atomic E-state index is 0.645. The van der Waals surface area contributed by atoms with Crippen LogP contribution in [0.2, 0.25) is 0 Å². The molecule has 88 valence electrons. The summed E-state index contributed by atoms with van der Waals surface area (Å²) in [5.41, 5.74) is 1.49. The van der Waals surface area contributed by atoms with E-state index in [-0.39, 0.29) is 0 Å². The maximum absolute atomic E-state index is 4.38. The van der Waals surface area contributed by atoms with E-state index in [1.165, 1.54) is 50.8 Å². The molecular formula is C13H21N3. The van der Waals surface area contributed by atoms with Gasteiger partial charge in [0.15, 0.2) is 0 Å². The fourth-order valence-corrected chi connectivity index (χ4v) is 3.23. The lowest BCUT2D eigenvalue weighted by atomic mass is 10.0. The first-order chi connectivity index (χ1) is 7.95. The molecular weight excluding hydrogens is 198 g/mol. The van der Waals surface area contributed by atoms with Gasteiger partial charge >= 0.3 is 0 Å². The van der Waals surface area contributed by atoms with Crippen molar-refractivity contribution in [2.45, 2.75) is 50.5 Å². The van der Waals surface area contributed by atoms with Gasteiger partial charge in [-0.3, -0.25) is 0 Å². The summed E-state index contributed by atoms with van der Waals surface area (Å²) in [6.45, 7) is 2.31. The van der Waals surface area contributed by atoms with E-state index in [4.69, 9.17) is 0 Å². The molecule has 0 aromatic carbocycles. The van der Waals surface area contributed by atoms with Gasteiger partial charge in [0.25, 0.3) is 0 Å². The second-order valence-electron chi connectivity index (χ2n) is 5.21. The Morgan fingerprint density at radius 1 is 1.19 bits per heavy atom. The van der Waals surface area contributed by atoms with Gasteiger partial charge in [-0.25, -0.2) is 4.98 Å². The number of hydrogen-bond donors (Lipinski definition) is 1. The largest absolute Gasteiger partial charge is 0.330 e. The lowest BCUT2D eigenvalue weighted by Gasteiger charge is -2.27. The summed E-state index contributed by atoms with van der Waals surface area (Å²) < 4.78 is 2.45. The summed E-state index contributed by atoms with van der Waals surface area (Å²) in [6, 6.07) is 0.645. The second kappa shape index (κ2) is 4.58. The van der Waals surface area contributed by atoms with Crippen molar-refractivity contribution in [3.63, 3.8) is 0 Å². The Bertz CT molecular complexity index is 333. The molecule has 1 aliphatic heterocycles. The zero-order valence-electron chi connectivity index (χ0n) is 9.86. The first-order valence-electron chi connectivity index (χ1n) is 6.67. The molecule has 0 spiro atoms. The number of rotatable bonds is 2. The van der Waals surface area contributed by atoms with Crippen LogP contribution < -0.4 is 5.32 Å². The number of nitrogens with one attached hydrogen (secondary N) is 1. The van der Waals surface area contributed by atoms with E-state index < -0.39 is 0 Å². The fourth-order valence-electron chi connectivity index (χ4n) is 3.23. The highest BCUT2D eigenvalue weighted by Crippen LogP contribution is 2.35. The Kier molecular flexibility index (Phi) is 2.96. The van der Waals surface area contributed by atoms with Gasteiger partial charge in [-0.1, -0.05) is 12.8 Å². The summed E-state index contributed by atoms with van der Waals surface area (Å²) in [7, 11) is 0. The SMILES string of the molecule is c1ncn(C2CCCNC2)c1C1CCCC1. The van der Waals surface area contributed by atoms with Crippen LogP contribution in [0.5, 0.6) is 0 Å². The molecule has 0 amide bonds. The Labute approximate surface area is 97.3 Å². The number of nitrogens with zero attached hydrogens (tertiary/aromatic N) is 2. The third-order valence-corrected chi connectivity index (χ3v) is 4.13. The fraction of sp³-hybridized carbons (Fsp3) is 0.769. The molecule has 16 heavy (non-hydrogen) atoms. The maximum Gasteiger partial charge on any atom is 0.0951 e. The predicted molar refractivity (Wildman–Crippen MR) is 64.6 cm³/mol. The van der Waals surface area contributed by atoms with E-state index in [0.717, 1.165) is 12.5 Å². The van der Waals surface area contributed by atoms with Crippen LogP contribution in [0.25, 0.3) is 0 Å². The topological polar surface area (TPSA) is 29.9 Å². The van der Waals surface area contributed by atoms with Crippen molar-refractivity contribution < 1.29 is 0 Å². The van der Waals surface area contributed by atoms with Gasteiger partial charge < -0.3 is 9.88 Å². The molecule has 1 atom stereocenters. The number of piperidine rings is 1. The zero-order valence-corrected chi connectivity index (χ0v) is 9.86. The van der Waals surface area contributed by atoms with Crippen molar-refractivity contribution in [3.8, 4) is 0 Å². The first-order valence-corrected chi connectivity index (χ1v) is 6.67. The quantitative estimate of drug-likeness (QED) is 0.828. The average Bonchev–Trinajstić information content (AvgIpc) is 3.01. The highest BCUT2D eigenvalue weighted by atomic mass is 15.1. The van der Waals surface area contributed by atoms with E-state index in [0.29, 0.717) is 6.04 Å². The molecule has 1 N–H and O–H groups in total. The van der Waals surface area contributed by atoms with E-state index >= 15 is 0 Å². The highest BCUT2D eigenvalue weighted by molar-refractivity contribution is 5.09. The third-order valence-electron chi connectivity index (χ3n) is 4.13. The van der Waals surface area contributed by atoms with E-state index in [2.05, 4.69) is 21.1 Å². The van der Waals surface area contributed by atoms with Crippen LogP contribution in [0.3, 0.4) is 0 Å². The Morgan fingerprint density at radius 2 is 2.06 bits per heavy atom. The Balaban J connectivity index is 1.80. The zero-order chi connectivity index (χ0) is 10.8. The average molecular weight is 219 g/mol. The predicted octanol–water partition coefficient (Wildman–Crippen LogP) is 2.47.